The van der Waals surface area contributed by atoms with Crippen molar-refractivity contribution in [1.82, 2.24) is 15.1 Å². The topological polar surface area (TPSA) is 39.1 Å². The Bertz CT molecular complexity index is 440. The monoisotopic (exact) mass is 281 g/mol. The van der Waals surface area contributed by atoms with Gasteiger partial charge in [-0.1, -0.05) is 0 Å². The van der Waals surface area contributed by atoms with Crippen molar-refractivity contribution < 1.29 is 4.74 Å². The van der Waals surface area contributed by atoms with Crippen LogP contribution in [0.5, 0.6) is 0 Å². The number of thioether (sulfide) groups is 1. The van der Waals surface area contributed by atoms with Gasteiger partial charge in [-0.2, -0.15) is 16.9 Å². The van der Waals surface area contributed by atoms with E-state index in [-0.39, 0.29) is 5.60 Å². The molecule has 1 spiro atoms. The van der Waals surface area contributed by atoms with Crippen molar-refractivity contribution in [2.45, 2.75) is 44.4 Å². The Morgan fingerprint density at radius 3 is 3.21 bits per heavy atom. The normalized spacial score (nSPS) is 31.2. The fourth-order valence-electron chi connectivity index (χ4n) is 3.14. The first-order chi connectivity index (χ1) is 9.17. The lowest BCUT2D eigenvalue weighted by molar-refractivity contribution is -0.0703. The maximum absolute atomic E-state index is 6.06. The third-order valence-corrected chi connectivity index (χ3v) is 5.48. The summed E-state index contributed by atoms with van der Waals surface area (Å²) in [6.45, 7) is 3.91. The number of aryl methyl sites for hydroxylation is 2. The van der Waals surface area contributed by atoms with Gasteiger partial charge < -0.3 is 10.1 Å². The first-order valence-electron chi connectivity index (χ1n) is 7.11. The second-order valence-corrected chi connectivity index (χ2v) is 6.92. The Kier molecular flexibility index (Phi) is 3.87. The van der Waals surface area contributed by atoms with Crippen LogP contribution in [-0.4, -0.2) is 39.5 Å². The van der Waals surface area contributed by atoms with Crippen molar-refractivity contribution >= 4 is 11.8 Å². The van der Waals surface area contributed by atoms with Crippen LogP contribution in [0.25, 0.3) is 0 Å². The van der Waals surface area contributed by atoms with Gasteiger partial charge in [0.15, 0.2) is 0 Å². The number of hydrogen-bond donors (Lipinski definition) is 1. The summed E-state index contributed by atoms with van der Waals surface area (Å²) in [7, 11) is 1.98. The molecule has 1 aromatic heterocycles. The van der Waals surface area contributed by atoms with Crippen molar-refractivity contribution in [1.29, 1.82) is 0 Å². The molecule has 2 aliphatic heterocycles. The highest BCUT2D eigenvalue weighted by Gasteiger charge is 2.40. The third-order valence-electron chi connectivity index (χ3n) is 4.26. The van der Waals surface area contributed by atoms with Crippen molar-refractivity contribution in [3.8, 4) is 0 Å². The quantitative estimate of drug-likeness (QED) is 0.918. The molecule has 0 bridgehead atoms. The molecule has 0 aliphatic carbocycles. The molecular weight excluding hydrogens is 258 g/mol. The van der Waals surface area contributed by atoms with Gasteiger partial charge in [0.2, 0.25) is 0 Å². The minimum atomic E-state index is 0.171. The number of hydrogen-bond acceptors (Lipinski definition) is 4. The Labute approximate surface area is 119 Å². The molecule has 2 saturated heterocycles. The molecule has 4 nitrogen and oxygen atoms in total. The Morgan fingerprint density at radius 1 is 1.63 bits per heavy atom. The highest BCUT2D eigenvalue weighted by molar-refractivity contribution is 7.99. The van der Waals surface area contributed by atoms with Crippen LogP contribution in [0.2, 0.25) is 0 Å². The van der Waals surface area contributed by atoms with Gasteiger partial charge in [0.05, 0.1) is 11.3 Å². The lowest BCUT2D eigenvalue weighted by Crippen LogP contribution is -2.47. The minimum Gasteiger partial charge on any atom is -0.374 e. The SMILES string of the molecule is Cc1nn(C)cc1CNC1CCOC2(CCSC2)C1. The molecule has 0 aromatic carbocycles. The molecule has 1 aromatic rings. The molecule has 5 heteroatoms. The summed E-state index contributed by atoms with van der Waals surface area (Å²) in [6.07, 6.45) is 5.63. The maximum atomic E-state index is 6.06. The molecule has 2 fully saturated rings. The number of ether oxygens (including phenoxy) is 1. The second kappa shape index (κ2) is 5.46. The zero-order valence-corrected chi connectivity index (χ0v) is 12.6. The van der Waals surface area contributed by atoms with Gasteiger partial charge in [-0.15, -0.1) is 0 Å². The summed E-state index contributed by atoms with van der Waals surface area (Å²) in [5.41, 5.74) is 2.61. The molecule has 0 saturated carbocycles. The van der Waals surface area contributed by atoms with Crippen LogP contribution in [0, 0.1) is 6.92 Å². The lowest BCUT2D eigenvalue weighted by atomic mass is 9.90. The summed E-state index contributed by atoms with van der Waals surface area (Å²) in [6, 6.07) is 0.590. The van der Waals surface area contributed by atoms with E-state index in [1.807, 2.05) is 23.5 Å². The molecule has 2 atom stereocenters. The van der Waals surface area contributed by atoms with Gasteiger partial charge in [0.1, 0.15) is 0 Å². The van der Waals surface area contributed by atoms with Crippen LogP contribution in [0.4, 0.5) is 0 Å². The standard InChI is InChI=1S/C14H23N3OS/c1-11-12(9-17(2)16-11)8-15-13-3-5-18-14(7-13)4-6-19-10-14/h9,13,15H,3-8,10H2,1-2H3. The minimum absolute atomic E-state index is 0.171. The van der Waals surface area contributed by atoms with Crippen molar-refractivity contribution in [3.05, 3.63) is 17.5 Å². The third kappa shape index (κ3) is 2.98. The van der Waals surface area contributed by atoms with Crippen LogP contribution < -0.4 is 5.32 Å². The van der Waals surface area contributed by atoms with Crippen molar-refractivity contribution in [2.24, 2.45) is 7.05 Å². The number of nitrogens with zero attached hydrogens (tertiary/aromatic N) is 2. The molecule has 1 N–H and O–H groups in total. The smallest absolute Gasteiger partial charge is 0.0795 e. The van der Waals surface area contributed by atoms with Crippen LogP contribution in [0.15, 0.2) is 6.20 Å². The number of nitrogens with one attached hydrogen (secondary N) is 1. The highest BCUT2D eigenvalue weighted by Crippen LogP contribution is 2.38. The zero-order valence-electron chi connectivity index (χ0n) is 11.8. The number of rotatable bonds is 3. The second-order valence-electron chi connectivity index (χ2n) is 5.82. The first-order valence-corrected chi connectivity index (χ1v) is 8.27. The largest absolute Gasteiger partial charge is 0.374 e. The molecule has 2 unspecified atom stereocenters. The zero-order chi connectivity index (χ0) is 13.3. The van der Waals surface area contributed by atoms with E-state index in [9.17, 15) is 0 Å². The van der Waals surface area contributed by atoms with Gasteiger partial charge >= 0.3 is 0 Å². The lowest BCUT2D eigenvalue weighted by Gasteiger charge is -2.38. The fourth-order valence-corrected chi connectivity index (χ4v) is 4.52. The number of aromatic nitrogens is 2. The van der Waals surface area contributed by atoms with Gasteiger partial charge in [-0.05, 0) is 31.9 Å². The van der Waals surface area contributed by atoms with E-state index in [2.05, 4.69) is 23.5 Å². The van der Waals surface area contributed by atoms with E-state index < -0.39 is 0 Å². The summed E-state index contributed by atoms with van der Waals surface area (Å²) in [5.74, 6) is 2.44. The van der Waals surface area contributed by atoms with Crippen LogP contribution in [0.1, 0.15) is 30.5 Å². The predicted octanol–water partition coefficient (Wildman–Crippen LogP) is 1.87. The Morgan fingerprint density at radius 2 is 2.53 bits per heavy atom. The Balaban J connectivity index is 1.56. The summed E-state index contributed by atoms with van der Waals surface area (Å²) >= 11 is 2.04. The summed E-state index contributed by atoms with van der Waals surface area (Å²) in [4.78, 5) is 0. The van der Waals surface area contributed by atoms with Crippen LogP contribution in [-0.2, 0) is 18.3 Å². The average Bonchev–Trinajstić information content (AvgIpc) is 2.94. The van der Waals surface area contributed by atoms with Crippen LogP contribution in [0.3, 0.4) is 0 Å². The summed E-state index contributed by atoms with van der Waals surface area (Å²) in [5, 5.41) is 8.10. The highest BCUT2D eigenvalue weighted by atomic mass is 32.2. The fraction of sp³-hybridized carbons (Fsp3) is 0.786. The molecule has 3 heterocycles. The summed E-state index contributed by atoms with van der Waals surface area (Å²) < 4.78 is 7.95. The van der Waals surface area contributed by atoms with Gasteiger partial charge in [-0.25, -0.2) is 0 Å². The molecule has 19 heavy (non-hydrogen) atoms. The molecule has 0 amide bonds. The van der Waals surface area contributed by atoms with E-state index in [4.69, 9.17) is 4.74 Å². The van der Waals surface area contributed by atoms with Crippen molar-refractivity contribution in [3.63, 3.8) is 0 Å². The van der Waals surface area contributed by atoms with E-state index in [0.29, 0.717) is 6.04 Å². The van der Waals surface area contributed by atoms with Crippen molar-refractivity contribution in [2.75, 3.05) is 18.1 Å². The van der Waals surface area contributed by atoms with Gasteiger partial charge in [0, 0.05) is 43.8 Å². The molecular formula is C14H23N3OS. The van der Waals surface area contributed by atoms with E-state index in [0.717, 1.165) is 25.3 Å². The first kappa shape index (κ1) is 13.5. The maximum Gasteiger partial charge on any atom is 0.0795 e. The molecule has 2 aliphatic rings. The predicted molar refractivity (Wildman–Crippen MR) is 78.4 cm³/mol. The van der Waals surface area contributed by atoms with E-state index in [1.54, 1.807) is 0 Å². The average molecular weight is 281 g/mol. The molecule has 106 valence electrons. The molecule has 0 radical (unpaired) electrons. The van der Waals surface area contributed by atoms with Crippen LogP contribution >= 0.6 is 11.8 Å². The Hall–Kier alpha value is -0.520. The van der Waals surface area contributed by atoms with E-state index >= 15 is 0 Å². The van der Waals surface area contributed by atoms with Gasteiger partial charge in [-0.3, -0.25) is 4.68 Å². The molecule has 3 rings (SSSR count). The van der Waals surface area contributed by atoms with E-state index in [1.165, 1.54) is 29.9 Å². The van der Waals surface area contributed by atoms with Gasteiger partial charge in [0.25, 0.3) is 0 Å².